The molecule has 0 saturated heterocycles. The fourth-order valence-corrected chi connectivity index (χ4v) is 5.77. The standard InChI is InChI=1S/C38H72NO7P/c1-3-5-7-9-11-12-13-14-15-16-17-18-19-20-21-22-23-24-25-27-29-31-38(40)46-37(36-45-47(41,42)44-34-32-39)35-43-33-30-28-26-10-8-6-4-2/h13-14,16-17,19-20,37H,3-12,15,18,21-36,39H2,1-2H3,(H,41,42)/b14-13-,17-16-,20-19-. The van der Waals surface area contributed by atoms with Crippen LogP contribution in [0.1, 0.15) is 162 Å². The van der Waals surface area contributed by atoms with E-state index in [9.17, 15) is 14.3 Å². The fraction of sp³-hybridized carbons (Fsp3) is 0.816. The molecule has 0 saturated carbocycles. The van der Waals surface area contributed by atoms with Gasteiger partial charge >= 0.3 is 13.8 Å². The first-order valence-electron chi connectivity index (χ1n) is 19.0. The predicted octanol–water partition coefficient (Wildman–Crippen LogP) is 10.7. The van der Waals surface area contributed by atoms with Crippen LogP contribution in [0.2, 0.25) is 0 Å². The maximum absolute atomic E-state index is 12.5. The van der Waals surface area contributed by atoms with Crippen LogP contribution in [0.3, 0.4) is 0 Å². The van der Waals surface area contributed by atoms with Gasteiger partial charge in [-0.2, -0.15) is 0 Å². The van der Waals surface area contributed by atoms with Crippen molar-refractivity contribution in [3.63, 3.8) is 0 Å². The van der Waals surface area contributed by atoms with Gasteiger partial charge in [-0.1, -0.05) is 140 Å². The number of nitrogens with two attached hydrogens (primary N) is 1. The molecule has 0 bridgehead atoms. The Morgan fingerprint density at radius 1 is 0.638 bits per heavy atom. The summed E-state index contributed by atoms with van der Waals surface area (Å²) in [7, 11) is -4.27. The molecule has 47 heavy (non-hydrogen) atoms. The maximum atomic E-state index is 12.5. The van der Waals surface area contributed by atoms with Gasteiger partial charge in [-0.25, -0.2) is 4.57 Å². The molecular weight excluding hydrogens is 613 g/mol. The summed E-state index contributed by atoms with van der Waals surface area (Å²) in [5.41, 5.74) is 5.34. The highest BCUT2D eigenvalue weighted by Gasteiger charge is 2.25. The zero-order chi connectivity index (χ0) is 34.5. The number of hydrogen-bond donors (Lipinski definition) is 2. The van der Waals surface area contributed by atoms with Crippen molar-refractivity contribution in [1.82, 2.24) is 0 Å². The summed E-state index contributed by atoms with van der Waals surface area (Å²) in [4.78, 5) is 22.3. The van der Waals surface area contributed by atoms with Crippen molar-refractivity contribution in [3.05, 3.63) is 36.5 Å². The summed E-state index contributed by atoms with van der Waals surface area (Å²) >= 11 is 0. The molecule has 2 unspecified atom stereocenters. The molecule has 0 aromatic rings. The SMILES string of the molecule is CCCCCCC/C=C\C/C=C\C/C=C\CCCCCCCCC(=O)OC(COCCCCCCCCC)COP(=O)(O)OCCN. The third-order valence-corrected chi connectivity index (χ3v) is 8.79. The molecule has 276 valence electrons. The molecule has 3 N–H and O–H groups in total. The topological polar surface area (TPSA) is 117 Å². The summed E-state index contributed by atoms with van der Waals surface area (Å²) < 4.78 is 33.1. The van der Waals surface area contributed by atoms with Gasteiger partial charge in [0.2, 0.25) is 0 Å². The summed E-state index contributed by atoms with van der Waals surface area (Å²) in [6, 6.07) is 0. The van der Waals surface area contributed by atoms with Gasteiger partial charge in [-0.05, 0) is 51.4 Å². The van der Waals surface area contributed by atoms with Crippen LogP contribution in [0.4, 0.5) is 0 Å². The van der Waals surface area contributed by atoms with E-state index >= 15 is 0 Å². The maximum Gasteiger partial charge on any atom is 0.472 e. The van der Waals surface area contributed by atoms with E-state index < -0.39 is 13.9 Å². The Morgan fingerprint density at radius 3 is 1.68 bits per heavy atom. The van der Waals surface area contributed by atoms with Crippen LogP contribution in [0.5, 0.6) is 0 Å². The van der Waals surface area contributed by atoms with E-state index in [2.05, 4.69) is 50.3 Å². The largest absolute Gasteiger partial charge is 0.472 e. The molecule has 0 heterocycles. The molecule has 0 aliphatic carbocycles. The van der Waals surface area contributed by atoms with E-state index in [-0.39, 0.29) is 32.3 Å². The van der Waals surface area contributed by atoms with Crippen molar-refractivity contribution in [1.29, 1.82) is 0 Å². The minimum Gasteiger partial charge on any atom is -0.457 e. The van der Waals surface area contributed by atoms with Gasteiger partial charge in [0.1, 0.15) is 6.10 Å². The number of rotatable bonds is 36. The smallest absolute Gasteiger partial charge is 0.457 e. The molecule has 9 heteroatoms. The Bertz CT molecular complexity index is 818. The van der Waals surface area contributed by atoms with Gasteiger partial charge in [0.15, 0.2) is 0 Å². The Hall–Kier alpha value is -1.28. The van der Waals surface area contributed by atoms with Crippen LogP contribution in [0.25, 0.3) is 0 Å². The highest BCUT2D eigenvalue weighted by Crippen LogP contribution is 2.43. The van der Waals surface area contributed by atoms with Gasteiger partial charge < -0.3 is 20.1 Å². The molecular formula is C38H72NO7P. The van der Waals surface area contributed by atoms with Crippen LogP contribution in [-0.4, -0.2) is 49.9 Å². The molecule has 0 fully saturated rings. The summed E-state index contributed by atoms with van der Waals surface area (Å²) in [5.74, 6) is -0.346. The van der Waals surface area contributed by atoms with Gasteiger partial charge in [0.05, 0.1) is 19.8 Å². The van der Waals surface area contributed by atoms with Gasteiger partial charge in [-0.3, -0.25) is 13.8 Å². The molecule has 0 spiro atoms. The lowest BCUT2D eigenvalue weighted by Gasteiger charge is -2.20. The summed E-state index contributed by atoms with van der Waals surface area (Å²) in [6.07, 6.45) is 38.8. The number of phosphoric acid groups is 1. The second-order valence-corrected chi connectivity index (χ2v) is 13.9. The van der Waals surface area contributed by atoms with E-state index in [1.807, 2.05) is 0 Å². The van der Waals surface area contributed by atoms with Crippen molar-refractivity contribution < 1.29 is 32.8 Å². The molecule has 2 atom stereocenters. The molecule has 0 rings (SSSR count). The average molecular weight is 686 g/mol. The van der Waals surface area contributed by atoms with E-state index in [0.29, 0.717) is 13.0 Å². The molecule has 0 aromatic carbocycles. The van der Waals surface area contributed by atoms with Gasteiger partial charge in [0, 0.05) is 19.6 Å². The first-order valence-corrected chi connectivity index (χ1v) is 20.5. The summed E-state index contributed by atoms with van der Waals surface area (Å²) in [5, 5.41) is 0. The Balaban J connectivity index is 4.01. The van der Waals surface area contributed by atoms with Crippen LogP contribution in [0, 0.1) is 0 Å². The lowest BCUT2D eigenvalue weighted by molar-refractivity contribution is -0.154. The number of unbranched alkanes of at least 4 members (excludes halogenated alkanes) is 17. The van der Waals surface area contributed by atoms with Crippen molar-refractivity contribution >= 4 is 13.8 Å². The Morgan fingerprint density at radius 2 is 1.13 bits per heavy atom. The molecule has 0 aliphatic rings. The van der Waals surface area contributed by atoms with Gasteiger partial charge in [0.25, 0.3) is 0 Å². The zero-order valence-corrected chi connectivity index (χ0v) is 31.2. The molecule has 0 amide bonds. The quantitative estimate of drug-likeness (QED) is 0.0290. The van der Waals surface area contributed by atoms with E-state index in [1.165, 1.54) is 83.5 Å². The molecule has 8 nitrogen and oxygen atoms in total. The number of allylic oxidation sites excluding steroid dienone is 6. The Kier molecular flexibility index (Phi) is 35.0. The first-order chi connectivity index (χ1) is 22.9. The number of carbonyl (C=O) groups excluding carboxylic acids is 1. The summed E-state index contributed by atoms with van der Waals surface area (Å²) in [6.45, 7) is 4.85. The highest BCUT2D eigenvalue weighted by atomic mass is 31.2. The second-order valence-electron chi connectivity index (χ2n) is 12.4. The lowest BCUT2D eigenvalue weighted by atomic mass is 10.1. The van der Waals surface area contributed by atoms with Crippen LogP contribution in [0.15, 0.2) is 36.5 Å². The lowest BCUT2D eigenvalue weighted by Crippen LogP contribution is -2.28. The van der Waals surface area contributed by atoms with Crippen LogP contribution < -0.4 is 5.73 Å². The molecule has 0 radical (unpaired) electrons. The number of hydrogen-bond acceptors (Lipinski definition) is 7. The van der Waals surface area contributed by atoms with Crippen molar-refractivity contribution in [2.24, 2.45) is 5.73 Å². The molecule has 0 aliphatic heterocycles. The van der Waals surface area contributed by atoms with Crippen molar-refractivity contribution in [2.75, 3.05) is 33.0 Å². The predicted molar refractivity (Wildman–Crippen MR) is 196 cm³/mol. The molecule has 0 aromatic heterocycles. The third kappa shape index (κ3) is 35.8. The number of esters is 1. The monoisotopic (exact) mass is 686 g/mol. The van der Waals surface area contributed by atoms with Crippen molar-refractivity contribution in [2.45, 2.75) is 168 Å². The third-order valence-electron chi connectivity index (χ3n) is 7.81. The minimum atomic E-state index is -4.27. The van der Waals surface area contributed by atoms with E-state index in [1.54, 1.807) is 0 Å². The van der Waals surface area contributed by atoms with Crippen LogP contribution in [-0.2, 0) is 27.9 Å². The zero-order valence-electron chi connectivity index (χ0n) is 30.3. The van der Waals surface area contributed by atoms with Gasteiger partial charge in [-0.15, -0.1) is 0 Å². The second kappa shape index (κ2) is 36.0. The highest BCUT2D eigenvalue weighted by molar-refractivity contribution is 7.47. The minimum absolute atomic E-state index is 0.0978. The number of phosphoric ester groups is 1. The van der Waals surface area contributed by atoms with E-state index in [4.69, 9.17) is 24.3 Å². The number of carbonyl (C=O) groups is 1. The fourth-order valence-electron chi connectivity index (χ4n) is 5.00. The first kappa shape index (κ1) is 45.7. The van der Waals surface area contributed by atoms with Crippen molar-refractivity contribution in [3.8, 4) is 0 Å². The van der Waals surface area contributed by atoms with E-state index in [0.717, 1.165) is 57.8 Å². The van der Waals surface area contributed by atoms with Crippen LogP contribution >= 0.6 is 7.82 Å². The number of ether oxygens (including phenoxy) is 2. The normalized spacial score (nSPS) is 14.0. The Labute approximate surface area is 288 Å². The average Bonchev–Trinajstić information content (AvgIpc) is 3.06.